The number of rotatable bonds is 5. The van der Waals surface area contributed by atoms with E-state index in [2.05, 4.69) is 4.90 Å². The van der Waals surface area contributed by atoms with Crippen molar-refractivity contribution in [3.8, 4) is 22.8 Å². The highest BCUT2D eigenvalue weighted by Crippen LogP contribution is 2.32. The summed E-state index contributed by atoms with van der Waals surface area (Å²) >= 11 is 0. The third-order valence-electron chi connectivity index (χ3n) is 6.42. The molecule has 3 heterocycles. The summed E-state index contributed by atoms with van der Waals surface area (Å²) in [4.78, 5) is 16.7. The van der Waals surface area contributed by atoms with Crippen LogP contribution in [0.4, 0.5) is 5.82 Å². The summed E-state index contributed by atoms with van der Waals surface area (Å²) in [6, 6.07) is 28.0. The molecule has 1 aliphatic rings. The Bertz CT molecular complexity index is 1620. The lowest BCUT2D eigenvalue weighted by atomic mass is 10.2. The normalized spacial score (nSPS) is 15.1. The molecule has 2 aromatic heterocycles. The van der Waals surface area contributed by atoms with Gasteiger partial charge < -0.3 is 9.32 Å². The summed E-state index contributed by atoms with van der Waals surface area (Å²) in [6.07, 6.45) is 0.651. The van der Waals surface area contributed by atoms with E-state index >= 15 is 0 Å². The highest BCUT2D eigenvalue weighted by atomic mass is 32.2. The number of nitrogens with zero attached hydrogens (tertiary/aromatic N) is 5. The van der Waals surface area contributed by atoms with Gasteiger partial charge in [0.1, 0.15) is 0 Å². The topological polar surface area (TPSA) is 92.4 Å². The number of benzene rings is 3. The van der Waals surface area contributed by atoms with Crippen molar-refractivity contribution in [2.45, 2.75) is 11.3 Å². The minimum Gasteiger partial charge on any atom is -0.430 e. The predicted molar refractivity (Wildman–Crippen MR) is 143 cm³/mol. The molecule has 0 N–H and O–H groups in total. The Morgan fingerprint density at radius 2 is 1.32 bits per heavy atom. The van der Waals surface area contributed by atoms with Crippen LogP contribution in [-0.4, -0.2) is 53.9 Å². The Morgan fingerprint density at radius 1 is 0.676 bits per heavy atom. The summed E-state index contributed by atoms with van der Waals surface area (Å²) in [5.41, 5.74) is 2.69. The Morgan fingerprint density at radius 3 is 2.03 bits per heavy atom. The van der Waals surface area contributed by atoms with E-state index in [1.54, 1.807) is 28.6 Å². The van der Waals surface area contributed by atoms with E-state index in [9.17, 15) is 8.42 Å². The van der Waals surface area contributed by atoms with Crippen LogP contribution in [-0.2, 0) is 10.0 Å². The van der Waals surface area contributed by atoms with Crippen molar-refractivity contribution in [2.24, 2.45) is 0 Å². The van der Waals surface area contributed by atoms with Crippen LogP contribution in [0.25, 0.3) is 34.1 Å². The van der Waals surface area contributed by atoms with Crippen molar-refractivity contribution in [2.75, 3.05) is 31.1 Å². The first kappa shape index (κ1) is 23.3. The van der Waals surface area contributed by atoms with Gasteiger partial charge in [-0.25, -0.2) is 18.4 Å². The van der Waals surface area contributed by atoms with Crippen LogP contribution in [0, 0.1) is 0 Å². The zero-order valence-electron chi connectivity index (χ0n) is 20.1. The van der Waals surface area contributed by atoms with Crippen LogP contribution >= 0.6 is 0 Å². The molecule has 6 rings (SSSR count). The van der Waals surface area contributed by atoms with Crippen LogP contribution in [0.2, 0.25) is 0 Å². The van der Waals surface area contributed by atoms with E-state index in [-0.39, 0.29) is 0 Å². The number of hydrogen-bond acceptors (Lipinski definition) is 7. The fraction of sp³-hybridized carbons (Fsp3) is 0.179. The molecule has 1 aliphatic heterocycles. The van der Waals surface area contributed by atoms with Crippen molar-refractivity contribution >= 4 is 27.1 Å². The zero-order chi connectivity index (χ0) is 25.2. The number of anilines is 1. The van der Waals surface area contributed by atoms with Crippen LogP contribution in [0.1, 0.15) is 6.42 Å². The van der Waals surface area contributed by atoms with E-state index in [1.807, 2.05) is 66.7 Å². The van der Waals surface area contributed by atoms with E-state index < -0.39 is 10.0 Å². The van der Waals surface area contributed by atoms with Crippen molar-refractivity contribution in [3.05, 3.63) is 91.0 Å². The van der Waals surface area contributed by atoms with Gasteiger partial charge in [-0.3, -0.25) is 0 Å². The number of oxazole rings is 1. The van der Waals surface area contributed by atoms with Crippen LogP contribution in [0.3, 0.4) is 0 Å². The molecule has 0 spiro atoms. The van der Waals surface area contributed by atoms with Crippen LogP contribution < -0.4 is 4.90 Å². The fourth-order valence-corrected chi connectivity index (χ4v) is 6.02. The molecule has 37 heavy (non-hydrogen) atoms. The lowest BCUT2D eigenvalue weighted by molar-refractivity contribution is 0.433. The average molecular weight is 512 g/mol. The summed E-state index contributed by atoms with van der Waals surface area (Å²) in [5.74, 6) is 1.64. The Kier molecular flexibility index (Phi) is 6.15. The molecule has 8 nitrogen and oxygen atoms in total. The van der Waals surface area contributed by atoms with E-state index in [0.717, 1.165) is 11.1 Å². The number of sulfonamides is 1. The first-order valence-electron chi connectivity index (χ1n) is 12.2. The molecule has 186 valence electrons. The SMILES string of the molecule is O=S(=O)(c1ccccc1)N1CCCN(c2nc(-c3ccccc3)nc3nc(-c4ccccc4)oc23)CC1. The van der Waals surface area contributed by atoms with Gasteiger partial charge in [0.05, 0.1) is 4.90 Å². The third-order valence-corrected chi connectivity index (χ3v) is 8.34. The lowest BCUT2D eigenvalue weighted by Gasteiger charge is -2.23. The molecule has 0 bridgehead atoms. The predicted octanol–water partition coefficient (Wildman–Crippen LogP) is 4.85. The molecule has 1 saturated heterocycles. The summed E-state index contributed by atoms with van der Waals surface area (Å²) < 4.78 is 34.3. The van der Waals surface area contributed by atoms with Crippen molar-refractivity contribution in [1.29, 1.82) is 0 Å². The second-order valence-electron chi connectivity index (χ2n) is 8.83. The molecule has 3 aromatic carbocycles. The highest BCUT2D eigenvalue weighted by Gasteiger charge is 2.29. The minimum absolute atomic E-state index is 0.307. The fourth-order valence-electron chi connectivity index (χ4n) is 4.53. The first-order valence-corrected chi connectivity index (χ1v) is 13.6. The van der Waals surface area contributed by atoms with Crippen LogP contribution in [0.15, 0.2) is 100 Å². The standard InChI is InChI=1S/C28H25N5O3S/c34-37(35,23-15-8-3-9-16-23)33-18-10-17-32(19-20-33)27-24-26(29-25(30-27)21-11-4-1-5-12-21)31-28(36-24)22-13-6-2-7-14-22/h1-9,11-16H,10,17-20H2. The van der Waals surface area contributed by atoms with Gasteiger partial charge in [-0.1, -0.05) is 66.7 Å². The number of hydrogen-bond donors (Lipinski definition) is 0. The molecule has 1 fully saturated rings. The van der Waals surface area contributed by atoms with Gasteiger partial charge >= 0.3 is 0 Å². The van der Waals surface area contributed by atoms with E-state index in [0.29, 0.717) is 66.3 Å². The van der Waals surface area contributed by atoms with Gasteiger partial charge in [0, 0.05) is 37.3 Å². The smallest absolute Gasteiger partial charge is 0.243 e. The summed E-state index contributed by atoms with van der Waals surface area (Å²) in [6.45, 7) is 1.86. The second-order valence-corrected chi connectivity index (χ2v) is 10.8. The zero-order valence-corrected chi connectivity index (χ0v) is 20.9. The molecule has 9 heteroatoms. The quantitative estimate of drug-likeness (QED) is 0.333. The second kappa shape index (κ2) is 9.76. The summed E-state index contributed by atoms with van der Waals surface area (Å²) in [7, 11) is -3.58. The van der Waals surface area contributed by atoms with Crippen molar-refractivity contribution in [1.82, 2.24) is 19.3 Å². The number of fused-ring (bicyclic) bond motifs is 1. The maximum absolute atomic E-state index is 13.2. The summed E-state index contributed by atoms with van der Waals surface area (Å²) in [5, 5.41) is 0. The maximum atomic E-state index is 13.2. The first-order chi connectivity index (χ1) is 18.1. The Labute approximate surface area is 215 Å². The molecule has 0 unspecified atom stereocenters. The molecule has 0 aliphatic carbocycles. The monoisotopic (exact) mass is 511 g/mol. The largest absolute Gasteiger partial charge is 0.430 e. The molecule has 0 radical (unpaired) electrons. The van der Waals surface area contributed by atoms with Gasteiger partial charge in [0.15, 0.2) is 11.6 Å². The van der Waals surface area contributed by atoms with E-state index in [4.69, 9.17) is 19.4 Å². The Balaban J connectivity index is 1.39. The van der Waals surface area contributed by atoms with Gasteiger partial charge in [0.25, 0.3) is 0 Å². The van der Waals surface area contributed by atoms with E-state index in [1.165, 1.54) is 0 Å². The maximum Gasteiger partial charge on any atom is 0.243 e. The van der Waals surface area contributed by atoms with Crippen molar-refractivity contribution in [3.63, 3.8) is 0 Å². The highest BCUT2D eigenvalue weighted by molar-refractivity contribution is 7.89. The van der Waals surface area contributed by atoms with Crippen LogP contribution in [0.5, 0.6) is 0 Å². The molecular formula is C28H25N5O3S. The van der Waals surface area contributed by atoms with Gasteiger partial charge in [-0.05, 0) is 30.7 Å². The molecule has 5 aromatic rings. The molecular weight excluding hydrogens is 486 g/mol. The van der Waals surface area contributed by atoms with Gasteiger partial charge in [0.2, 0.25) is 27.1 Å². The van der Waals surface area contributed by atoms with Crippen molar-refractivity contribution < 1.29 is 12.8 Å². The van der Waals surface area contributed by atoms with Gasteiger partial charge in [-0.2, -0.15) is 9.29 Å². The Hall–Kier alpha value is -4.08. The van der Waals surface area contributed by atoms with Gasteiger partial charge in [-0.15, -0.1) is 0 Å². The molecule has 0 saturated carbocycles. The molecule has 0 amide bonds. The lowest BCUT2D eigenvalue weighted by Crippen LogP contribution is -2.35. The average Bonchev–Trinajstić information content (AvgIpc) is 3.23. The minimum atomic E-state index is -3.58. The number of aromatic nitrogens is 3. The third kappa shape index (κ3) is 4.59. The molecule has 0 atom stereocenters.